The number of anilines is 1. The largest absolute Gasteiger partial charge is 0.480 e. The molecule has 0 aliphatic rings. The van der Waals surface area contributed by atoms with E-state index in [0.717, 1.165) is 10.5 Å². The van der Waals surface area contributed by atoms with Crippen LogP contribution in [0.25, 0.3) is 0 Å². The Labute approximate surface area is 192 Å². The summed E-state index contributed by atoms with van der Waals surface area (Å²) in [7, 11) is 0. The zero-order valence-corrected chi connectivity index (χ0v) is 18.6. The van der Waals surface area contributed by atoms with E-state index in [1.807, 2.05) is 30.3 Å². The fourth-order valence-electron chi connectivity index (χ4n) is 3.38. The van der Waals surface area contributed by atoms with E-state index >= 15 is 0 Å². The maximum atomic E-state index is 13.2. The van der Waals surface area contributed by atoms with Crippen molar-refractivity contribution < 1.29 is 34.1 Å². The van der Waals surface area contributed by atoms with Crippen molar-refractivity contribution in [2.45, 2.75) is 38.8 Å². The van der Waals surface area contributed by atoms with Crippen molar-refractivity contribution in [3.05, 3.63) is 65.7 Å². The number of nitrogens with one attached hydrogen (secondary N) is 1. The van der Waals surface area contributed by atoms with Gasteiger partial charge in [-0.1, -0.05) is 42.5 Å². The Balaban J connectivity index is 2.24. The minimum Gasteiger partial charge on any atom is -0.480 e. The van der Waals surface area contributed by atoms with Crippen LogP contribution in [0.2, 0.25) is 0 Å². The molecule has 1 amide bonds. The molecule has 2 aromatic rings. The minimum atomic E-state index is -1.30. The summed E-state index contributed by atoms with van der Waals surface area (Å²) in [5.74, 6) is -3.80. The summed E-state index contributed by atoms with van der Waals surface area (Å²) in [5.41, 5.74) is 0.767. The molecule has 3 N–H and O–H groups in total. The molecule has 9 heteroatoms. The lowest BCUT2D eigenvalue weighted by atomic mass is 10.0. The predicted molar refractivity (Wildman–Crippen MR) is 121 cm³/mol. The molecule has 0 fully saturated rings. The van der Waals surface area contributed by atoms with Gasteiger partial charge in [-0.25, -0.2) is 4.79 Å². The van der Waals surface area contributed by atoms with Crippen molar-refractivity contribution in [2.75, 3.05) is 18.1 Å². The number of hydrogen-bond acceptors (Lipinski definition) is 6. The average Bonchev–Trinajstić information content (AvgIpc) is 2.80. The van der Waals surface area contributed by atoms with Crippen LogP contribution in [0.1, 0.15) is 36.2 Å². The Morgan fingerprint density at radius 3 is 2.24 bits per heavy atom. The first-order valence-corrected chi connectivity index (χ1v) is 10.6. The van der Waals surface area contributed by atoms with Crippen molar-refractivity contribution in [3.8, 4) is 0 Å². The first-order chi connectivity index (χ1) is 15.7. The zero-order chi connectivity index (χ0) is 24.4. The quantitative estimate of drug-likeness (QED) is 0.415. The summed E-state index contributed by atoms with van der Waals surface area (Å²) in [6, 6.07) is 13.4. The maximum absolute atomic E-state index is 13.2. The fourth-order valence-corrected chi connectivity index (χ4v) is 3.38. The monoisotopic (exact) mass is 456 g/mol. The third kappa shape index (κ3) is 7.43. The molecule has 0 radical (unpaired) electrons. The number of nitrogens with zero attached hydrogens (tertiary/aromatic N) is 1. The maximum Gasteiger partial charge on any atom is 0.337 e. The Bertz CT molecular complexity index is 978. The third-order valence-corrected chi connectivity index (χ3v) is 4.94. The molecule has 2 rings (SSSR count). The number of aryl methyl sites for hydroxylation is 1. The number of benzene rings is 2. The molecule has 0 saturated carbocycles. The van der Waals surface area contributed by atoms with Gasteiger partial charge in [-0.15, -0.1) is 0 Å². The van der Waals surface area contributed by atoms with Gasteiger partial charge in [0.05, 0.1) is 23.9 Å². The lowest BCUT2D eigenvalue weighted by Crippen LogP contribution is -2.52. The van der Waals surface area contributed by atoms with Crippen LogP contribution >= 0.6 is 0 Å². The van der Waals surface area contributed by atoms with Gasteiger partial charge >= 0.3 is 17.9 Å². The summed E-state index contributed by atoms with van der Waals surface area (Å²) >= 11 is 0. The van der Waals surface area contributed by atoms with Crippen molar-refractivity contribution in [2.24, 2.45) is 0 Å². The topological polar surface area (TPSA) is 133 Å². The average molecular weight is 456 g/mol. The molecule has 0 unspecified atom stereocenters. The third-order valence-electron chi connectivity index (χ3n) is 4.94. The second-order valence-corrected chi connectivity index (χ2v) is 7.36. The molecule has 0 saturated heterocycles. The van der Waals surface area contributed by atoms with Crippen molar-refractivity contribution in [1.82, 2.24) is 5.32 Å². The Kier molecular flexibility index (Phi) is 9.56. The van der Waals surface area contributed by atoms with Gasteiger partial charge in [-0.3, -0.25) is 24.6 Å². The minimum absolute atomic E-state index is 0.0389. The molecule has 33 heavy (non-hydrogen) atoms. The second kappa shape index (κ2) is 12.4. The number of carbonyl (C=O) groups is 4. The van der Waals surface area contributed by atoms with E-state index in [1.165, 1.54) is 31.2 Å². The van der Waals surface area contributed by atoms with E-state index in [-0.39, 0.29) is 17.9 Å². The molecule has 0 spiro atoms. The van der Waals surface area contributed by atoms with Crippen LogP contribution in [-0.2, 0) is 25.5 Å². The van der Waals surface area contributed by atoms with Crippen LogP contribution in [0.15, 0.2) is 54.6 Å². The summed E-state index contributed by atoms with van der Waals surface area (Å²) in [5, 5.41) is 21.7. The van der Waals surface area contributed by atoms with Crippen molar-refractivity contribution >= 4 is 29.5 Å². The number of hydrogen-bond donors (Lipinski definition) is 3. The van der Waals surface area contributed by atoms with Gasteiger partial charge in [-0.2, -0.15) is 0 Å². The summed E-state index contributed by atoms with van der Waals surface area (Å²) in [4.78, 5) is 49.6. The van der Waals surface area contributed by atoms with Gasteiger partial charge in [-0.05, 0) is 44.4 Å². The van der Waals surface area contributed by atoms with E-state index in [1.54, 1.807) is 6.92 Å². The van der Waals surface area contributed by atoms with Crippen molar-refractivity contribution in [3.63, 3.8) is 0 Å². The van der Waals surface area contributed by atoms with Crippen LogP contribution in [0.3, 0.4) is 0 Å². The highest BCUT2D eigenvalue weighted by Gasteiger charge is 2.30. The Hall–Kier alpha value is -3.72. The molecule has 2 atom stereocenters. The van der Waals surface area contributed by atoms with Gasteiger partial charge in [0.15, 0.2) is 0 Å². The van der Waals surface area contributed by atoms with E-state index in [2.05, 4.69) is 5.32 Å². The highest BCUT2D eigenvalue weighted by Crippen LogP contribution is 2.21. The molecule has 0 aliphatic heterocycles. The summed E-state index contributed by atoms with van der Waals surface area (Å²) < 4.78 is 5.14. The number of carboxylic acids is 2. The van der Waals surface area contributed by atoms with Crippen LogP contribution in [0.4, 0.5) is 5.69 Å². The number of amides is 1. The smallest absolute Gasteiger partial charge is 0.337 e. The Morgan fingerprint density at radius 2 is 1.64 bits per heavy atom. The number of esters is 1. The number of aliphatic carboxylic acids is 1. The lowest BCUT2D eigenvalue weighted by molar-refractivity contribution is -0.146. The molecule has 176 valence electrons. The first kappa shape index (κ1) is 25.5. The van der Waals surface area contributed by atoms with Gasteiger partial charge in [0.1, 0.15) is 12.6 Å². The molecule has 0 heterocycles. The standard InChI is InChI=1S/C24H28N2O7/c1-3-33-24(32)19(14-13-17-9-5-4-6-10-17)25-16(2)22(29)26(15-21(27)28)20-12-8-7-11-18(20)23(30)31/h4-12,16,19,25H,3,13-15H2,1-2H3,(H,27,28)(H,30,31)/t16-,19-/m0/s1. The molecule has 0 bridgehead atoms. The normalized spacial score (nSPS) is 12.4. The van der Waals surface area contributed by atoms with E-state index in [0.29, 0.717) is 12.8 Å². The van der Waals surface area contributed by atoms with E-state index in [9.17, 15) is 29.4 Å². The highest BCUT2D eigenvalue weighted by atomic mass is 16.5. The molecule has 2 aromatic carbocycles. The first-order valence-electron chi connectivity index (χ1n) is 10.6. The summed E-state index contributed by atoms with van der Waals surface area (Å²) in [6.07, 6.45) is 0.907. The van der Waals surface area contributed by atoms with Gasteiger partial charge in [0.25, 0.3) is 0 Å². The number of carboxylic acid groups (broad SMARTS) is 2. The van der Waals surface area contributed by atoms with Gasteiger partial charge in [0, 0.05) is 0 Å². The molecular formula is C24H28N2O7. The zero-order valence-electron chi connectivity index (χ0n) is 18.6. The molecule has 9 nitrogen and oxygen atoms in total. The number of aromatic carboxylic acids is 1. The van der Waals surface area contributed by atoms with E-state index in [4.69, 9.17) is 4.74 Å². The van der Waals surface area contributed by atoms with E-state index < -0.39 is 42.4 Å². The summed E-state index contributed by atoms with van der Waals surface area (Å²) in [6.45, 7) is 2.61. The number of para-hydroxylation sites is 1. The molecule has 0 aromatic heterocycles. The van der Waals surface area contributed by atoms with Crippen LogP contribution in [0.5, 0.6) is 0 Å². The SMILES string of the molecule is CCOC(=O)[C@H](CCc1ccccc1)N[C@@H](C)C(=O)N(CC(=O)O)c1ccccc1C(=O)O. The second-order valence-electron chi connectivity index (χ2n) is 7.36. The fraction of sp³-hybridized carbons (Fsp3) is 0.333. The lowest BCUT2D eigenvalue weighted by Gasteiger charge is -2.28. The van der Waals surface area contributed by atoms with Crippen LogP contribution in [-0.4, -0.2) is 59.3 Å². The van der Waals surface area contributed by atoms with Gasteiger partial charge in [0.2, 0.25) is 5.91 Å². The number of ether oxygens (including phenoxy) is 1. The van der Waals surface area contributed by atoms with Gasteiger partial charge < -0.3 is 14.9 Å². The predicted octanol–water partition coefficient (Wildman–Crippen LogP) is 2.34. The number of carbonyl (C=O) groups excluding carboxylic acids is 2. The van der Waals surface area contributed by atoms with Crippen molar-refractivity contribution in [1.29, 1.82) is 0 Å². The number of rotatable bonds is 12. The Morgan fingerprint density at radius 1 is 1.00 bits per heavy atom. The van der Waals surface area contributed by atoms with Crippen LogP contribution in [0, 0.1) is 0 Å². The highest BCUT2D eigenvalue weighted by molar-refractivity contribution is 6.05. The molecular weight excluding hydrogens is 428 g/mol. The molecule has 0 aliphatic carbocycles. The van der Waals surface area contributed by atoms with Crippen LogP contribution < -0.4 is 10.2 Å².